The molecule has 13 heavy (non-hydrogen) atoms. The van der Waals surface area contributed by atoms with Crippen molar-refractivity contribution in [3.8, 4) is 0 Å². The normalized spacial score (nSPS) is 67.6. The van der Waals surface area contributed by atoms with Crippen LogP contribution in [0.1, 0.15) is 32.6 Å². The van der Waals surface area contributed by atoms with Gasteiger partial charge in [0.25, 0.3) is 0 Å². The Morgan fingerprint density at radius 1 is 1.15 bits per heavy atom. The Labute approximate surface area is 78.6 Å². The molecular weight excluding hydrogens is 164 g/mol. The highest BCUT2D eigenvalue weighted by Gasteiger charge is 2.65. The fraction of sp³-hybridized carbons (Fsp3) is 1.00. The van der Waals surface area contributed by atoms with Crippen LogP contribution in [0.4, 0.5) is 0 Å². The van der Waals surface area contributed by atoms with Gasteiger partial charge in [0.2, 0.25) is 0 Å². The summed E-state index contributed by atoms with van der Waals surface area (Å²) in [5.74, 6) is 1.68. The summed E-state index contributed by atoms with van der Waals surface area (Å²) < 4.78 is 11.4. The Bertz CT molecular complexity index is 265. The van der Waals surface area contributed by atoms with Crippen LogP contribution in [0.15, 0.2) is 0 Å². The van der Waals surface area contributed by atoms with Gasteiger partial charge in [-0.05, 0) is 44.4 Å². The second-order valence-electron chi connectivity index (χ2n) is 5.43. The molecule has 0 bridgehead atoms. The van der Waals surface area contributed by atoms with Crippen LogP contribution < -0.4 is 0 Å². The lowest BCUT2D eigenvalue weighted by molar-refractivity contribution is 0.152. The predicted octanol–water partition coefficient (Wildman–Crippen LogP) is 1.73. The average molecular weight is 180 g/mol. The van der Waals surface area contributed by atoms with E-state index in [-0.39, 0.29) is 5.60 Å². The molecule has 0 aromatic rings. The summed E-state index contributed by atoms with van der Waals surface area (Å²) in [5, 5.41) is 0. The van der Waals surface area contributed by atoms with Crippen molar-refractivity contribution >= 4 is 0 Å². The van der Waals surface area contributed by atoms with Gasteiger partial charge in [-0.15, -0.1) is 0 Å². The number of hydrogen-bond acceptors (Lipinski definition) is 2. The first kappa shape index (κ1) is 7.24. The number of hydrogen-bond donors (Lipinski definition) is 0. The summed E-state index contributed by atoms with van der Waals surface area (Å²) in [6.07, 6.45) is 7.27. The van der Waals surface area contributed by atoms with Crippen LogP contribution in [0.25, 0.3) is 0 Å². The highest BCUT2D eigenvalue weighted by Crippen LogP contribution is 2.59. The number of fused-ring (bicyclic) bond motifs is 2. The third-order valence-electron chi connectivity index (χ3n) is 4.68. The molecule has 0 spiro atoms. The third kappa shape index (κ3) is 0.816. The molecule has 2 aliphatic heterocycles. The Morgan fingerprint density at radius 2 is 2.08 bits per heavy atom. The van der Waals surface area contributed by atoms with E-state index in [1.807, 2.05) is 0 Å². The van der Waals surface area contributed by atoms with E-state index >= 15 is 0 Å². The molecule has 0 aromatic carbocycles. The third-order valence-corrected chi connectivity index (χ3v) is 4.68. The van der Waals surface area contributed by atoms with Crippen molar-refractivity contribution in [3.05, 3.63) is 0 Å². The van der Waals surface area contributed by atoms with Gasteiger partial charge in [-0.1, -0.05) is 0 Å². The van der Waals surface area contributed by atoms with Crippen molar-refractivity contribution in [2.75, 3.05) is 0 Å². The van der Waals surface area contributed by atoms with Crippen molar-refractivity contribution in [1.82, 2.24) is 0 Å². The lowest BCUT2D eigenvalue weighted by Gasteiger charge is -2.18. The second kappa shape index (κ2) is 1.96. The van der Waals surface area contributed by atoms with Crippen LogP contribution in [-0.2, 0) is 9.47 Å². The molecule has 6 unspecified atom stereocenters. The topological polar surface area (TPSA) is 25.1 Å². The zero-order chi connectivity index (χ0) is 8.63. The zero-order valence-corrected chi connectivity index (χ0v) is 8.03. The first-order valence-electron chi connectivity index (χ1n) is 5.61. The lowest BCUT2D eigenvalue weighted by Crippen LogP contribution is -2.20. The minimum atomic E-state index is 0.289. The van der Waals surface area contributed by atoms with Crippen molar-refractivity contribution < 1.29 is 9.47 Å². The van der Waals surface area contributed by atoms with E-state index in [0.717, 1.165) is 11.8 Å². The summed E-state index contributed by atoms with van der Waals surface area (Å²) in [7, 11) is 0. The van der Waals surface area contributed by atoms with Gasteiger partial charge in [-0.25, -0.2) is 0 Å². The summed E-state index contributed by atoms with van der Waals surface area (Å²) in [6, 6.07) is 0. The maximum Gasteiger partial charge on any atom is 0.0923 e. The minimum absolute atomic E-state index is 0.289. The molecule has 2 saturated carbocycles. The molecule has 0 amide bonds. The molecule has 0 aromatic heterocycles. The second-order valence-corrected chi connectivity index (χ2v) is 5.43. The SMILES string of the molecule is CC12CCC(C3CCC4OC43)C1O2. The Hall–Kier alpha value is -0.0800. The van der Waals surface area contributed by atoms with E-state index in [9.17, 15) is 0 Å². The first-order valence-corrected chi connectivity index (χ1v) is 5.61. The van der Waals surface area contributed by atoms with E-state index in [1.165, 1.54) is 25.7 Å². The van der Waals surface area contributed by atoms with Gasteiger partial charge in [0.1, 0.15) is 0 Å². The maximum atomic E-state index is 5.78. The maximum absolute atomic E-state index is 5.78. The van der Waals surface area contributed by atoms with Gasteiger partial charge in [0.15, 0.2) is 0 Å². The highest BCUT2D eigenvalue weighted by atomic mass is 16.6. The smallest absolute Gasteiger partial charge is 0.0923 e. The quantitative estimate of drug-likeness (QED) is 0.574. The molecule has 0 radical (unpaired) electrons. The predicted molar refractivity (Wildman–Crippen MR) is 47.4 cm³/mol. The summed E-state index contributed by atoms with van der Waals surface area (Å²) in [6.45, 7) is 2.28. The van der Waals surface area contributed by atoms with Crippen LogP contribution in [-0.4, -0.2) is 23.9 Å². The average Bonchev–Trinajstić information content (AvgIpc) is 2.94. The molecule has 2 saturated heterocycles. The number of epoxide rings is 2. The van der Waals surface area contributed by atoms with Gasteiger partial charge in [0, 0.05) is 0 Å². The van der Waals surface area contributed by atoms with Crippen molar-refractivity contribution in [1.29, 1.82) is 0 Å². The monoisotopic (exact) mass is 180 g/mol. The Balaban J connectivity index is 1.56. The molecule has 72 valence electrons. The lowest BCUT2D eigenvalue weighted by atomic mass is 9.88. The van der Waals surface area contributed by atoms with Crippen molar-refractivity contribution in [3.63, 3.8) is 0 Å². The molecule has 2 nitrogen and oxygen atoms in total. The molecule has 0 N–H and O–H groups in total. The van der Waals surface area contributed by atoms with Crippen LogP contribution in [0.5, 0.6) is 0 Å². The molecule has 6 atom stereocenters. The van der Waals surface area contributed by atoms with Crippen LogP contribution in [0.2, 0.25) is 0 Å². The first-order chi connectivity index (χ1) is 6.28. The fourth-order valence-electron chi connectivity index (χ4n) is 3.78. The van der Waals surface area contributed by atoms with Crippen molar-refractivity contribution in [2.45, 2.75) is 56.5 Å². The van der Waals surface area contributed by atoms with Gasteiger partial charge >= 0.3 is 0 Å². The molecule has 4 rings (SSSR count). The van der Waals surface area contributed by atoms with E-state index in [2.05, 4.69) is 6.92 Å². The Morgan fingerprint density at radius 3 is 2.54 bits per heavy atom. The summed E-state index contributed by atoms with van der Waals surface area (Å²) >= 11 is 0. The minimum Gasteiger partial charge on any atom is -0.369 e. The van der Waals surface area contributed by atoms with Gasteiger partial charge in [-0.3, -0.25) is 0 Å². The van der Waals surface area contributed by atoms with Gasteiger partial charge < -0.3 is 9.47 Å². The molecule has 4 aliphatic rings. The number of ether oxygens (including phenoxy) is 2. The van der Waals surface area contributed by atoms with E-state index in [4.69, 9.17) is 9.47 Å². The van der Waals surface area contributed by atoms with E-state index in [1.54, 1.807) is 0 Å². The molecule has 4 fully saturated rings. The molecular formula is C11H16O2. The van der Waals surface area contributed by atoms with E-state index < -0.39 is 0 Å². The van der Waals surface area contributed by atoms with Crippen LogP contribution in [0, 0.1) is 11.8 Å². The summed E-state index contributed by atoms with van der Waals surface area (Å²) in [4.78, 5) is 0. The largest absolute Gasteiger partial charge is 0.369 e. The van der Waals surface area contributed by atoms with Gasteiger partial charge in [0.05, 0.1) is 23.9 Å². The zero-order valence-electron chi connectivity index (χ0n) is 8.03. The molecule has 2 heterocycles. The highest BCUT2D eigenvalue weighted by molar-refractivity contribution is 5.13. The standard InChI is InChI=1S/C11H16O2/c1-11-5-4-7(10(11)13-11)6-2-3-8-9(6)12-8/h6-10H,2-5H2,1H3. The van der Waals surface area contributed by atoms with Crippen LogP contribution in [0.3, 0.4) is 0 Å². The molecule has 2 aliphatic carbocycles. The molecule has 2 heteroatoms. The van der Waals surface area contributed by atoms with Crippen LogP contribution >= 0.6 is 0 Å². The number of rotatable bonds is 1. The van der Waals surface area contributed by atoms with E-state index in [0.29, 0.717) is 18.3 Å². The van der Waals surface area contributed by atoms with Gasteiger partial charge in [-0.2, -0.15) is 0 Å². The Kier molecular flexibility index (Phi) is 1.09. The summed E-state index contributed by atoms with van der Waals surface area (Å²) in [5.41, 5.74) is 0.289. The van der Waals surface area contributed by atoms with Crippen molar-refractivity contribution in [2.24, 2.45) is 11.8 Å². The fourth-order valence-corrected chi connectivity index (χ4v) is 3.78.